The van der Waals surface area contributed by atoms with Gasteiger partial charge in [0.1, 0.15) is 6.61 Å². The lowest BCUT2D eigenvalue weighted by Crippen LogP contribution is -2.46. The van der Waals surface area contributed by atoms with E-state index in [1.165, 1.54) is 16.9 Å². The number of methoxy groups -OCH3 is 1. The molecule has 54 heavy (non-hydrogen) atoms. The number of hydrogen-bond acceptors (Lipinski definition) is 11. The number of nitrogens with one attached hydrogen (secondary N) is 3. The first-order valence-corrected chi connectivity index (χ1v) is 17.9. The van der Waals surface area contributed by atoms with Crippen molar-refractivity contribution in [3.05, 3.63) is 29.8 Å². The Kier molecular flexibility index (Phi) is 18.9. The number of hydrogen-bond donors (Lipinski definition) is 4. The van der Waals surface area contributed by atoms with Crippen molar-refractivity contribution in [1.82, 2.24) is 25.3 Å². The van der Waals surface area contributed by atoms with E-state index in [4.69, 9.17) is 15.2 Å². The number of Topliss-reactive ketones (excluding diaryl/α,β-unsaturated/α-hetero) is 1. The second-order valence-corrected chi connectivity index (χ2v) is 13.5. The van der Waals surface area contributed by atoms with Crippen molar-refractivity contribution in [2.45, 2.75) is 65.5 Å². The molecule has 0 spiro atoms. The highest BCUT2D eigenvalue weighted by Gasteiger charge is 2.35. The zero-order chi connectivity index (χ0) is 40.4. The average molecular weight is 762 g/mol. The number of carbonyl (C=O) groups excluding carboxylic acids is 8. The molecular formula is C36H55N7O11. The minimum absolute atomic E-state index is 0.0169. The highest BCUT2D eigenvalue weighted by atomic mass is 16.6. The maximum atomic E-state index is 13.5. The minimum Gasteiger partial charge on any atom is -0.453 e. The number of anilines is 1. The van der Waals surface area contributed by atoms with Crippen LogP contribution in [0.1, 0.15) is 58.4 Å². The smallest absolute Gasteiger partial charge is 0.409 e. The summed E-state index contributed by atoms with van der Waals surface area (Å²) in [5.41, 5.74) is 6.25. The van der Waals surface area contributed by atoms with E-state index in [9.17, 15) is 38.4 Å². The van der Waals surface area contributed by atoms with Gasteiger partial charge in [-0.3, -0.25) is 28.9 Å². The normalized spacial score (nSPS) is 14.9. The topological polar surface area (TPSA) is 236 Å². The number of nitrogens with zero attached hydrogens (tertiary/aromatic N) is 3. The van der Waals surface area contributed by atoms with Gasteiger partial charge < -0.3 is 45.7 Å². The molecule has 2 rings (SSSR count). The molecule has 0 saturated carbocycles. The van der Waals surface area contributed by atoms with Crippen LogP contribution in [-0.2, 0) is 44.8 Å². The fourth-order valence-corrected chi connectivity index (χ4v) is 5.45. The summed E-state index contributed by atoms with van der Waals surface area (Å²) >= 11 is 0. The minimum atomic E-state index is -0.882. The van der Waals surface area contributed by atoms with Crippen LogP contribution in [-0.4, -0.2) is 129 Å². The lowest BCUT2D eigenvalue weighted by molar-refractivity contribution is -0.140. The Bertz CT molecular complexity index is 1470. The summed E-state index contributed by atoms with van der Waals surface area (Å²) < 4.78 is 15.4. The van der Waals surface area contributed by atoms with Gasteiger partial charge in [0.2, 0.25) is 23.6 Å². The molecule has 1 aliphatic rings. The first-order chi connectivity index (χ1) is 25.5. The van der Waals surface area contributed by atoms with Crippen molar-refractivity contribution in [2.75, 3.05) is 65.9 Å². The van der Waals surface area contributed by atoms with Gasteiger partial charge in [-0.05, 0) is 36.5 Å². The quantitative estimate of drug-likeness (QED) is 0.0983. The van der Waals surface area contributed by atoms with Crippen LogP contribution < -0.4 is 21.7 Å². The number of ether oxygens (including phenoxy) is 3. The summed E-state index contributed by atoms with van der Waals surface area (Å²) in [6, 6.07) is 5.01. The van der Waals surface area contributed by atoms with Gasteiger partial charge in [0.25, 0.3) is 0 Å². The summed E-state index contributed by atoms with van der Waals surface area (Å²) in [6.45, 7) is 6.08. The number of amides is 8. The lowest BCUT2D eigenvalue weighted by Gasteiger charge is -2.24. The van der Waals surface area contributed by atoms with Crippen LogP contribution >= 0.6 is 0 Å². The van der Waals surface area contributed by atoms with Gasteiger partial charge >= 0.3 is 18.2 Å². The van der Waals surface area contributed by atoms with E-state index in [1.807, 2.05) is 0 Å². The molecule has 1 saturated heterocycles. The van der Waals surface area contributed by atoms with E-state index in [2.05, 4.69) is 20.7 Å². The van der Waals surface area contributed by atoms with Crippen LogP contribution in [0.5, 0.6) is 0 Å². The fraction of sp³-hybridized carbons (Fsp3) is 0.611. The monoisotopic (exact) mass is 761 g/mol. The second-order valence-electron chi connectivity index (χ2n) is 13.5. The Morgan fingerprint density at radius 3 is 2.20 bits per heavy atom. The third-order valence-electron chi connectivity index (χ3n) is 8.73. The van der Waals surface area contributed by atoms with Crippen LogP contribution in [0.25, 0.3) is 0 Å². The lowest BCUT2D eigenvalue weighted by atomic mass is 9.89. The zero-order valence-electron chi connectivity index (χ0n) is 32.0. The molecule has 1 unspecified atom stereocenters. The van der Waals surface area contributed by atoms with Crippen molar-refractivity contribution < 1.29 is 52.6 Å². The predicted molar refractivity (Wildman–Crippen MR) is 196 cm³/mol. The number of carbonyl (C=O) groups is 8. The van der Waals surface area contributed by atoms with Gasteiger partial charge in [0.05, 0.1) is 32.9 Å². The first kappa shape index (κ1) is 44.9. The number of nitrogens with two attached hydrogens (primary N) is 1. The Morgan fingerprint density at radius 1 is 0.981 bits per heavy atom. The first-order valence-electron chi connectivity index (χ1n) is 17.9. The van der Waals surface area contributed by atoms with Gasteiger partial charge in [-0.1, -0.05) is 32.9 Å². The molecule has 1 aliphatic heterocycles. The summed E-state index contributed by atoms with van der Waals surface area (Å²) in [5.74, 6) is -3.15. The van der Waals surface area contributed by atoms with Crippen molar-refractivity contribution in [2.24, 2.45) is 23.5 Å². The van der Waals surface area contributed by atoms with Crippen LogP contribution in [0.4, 0.5) is 20.1 Å². The van der Waals surface area contributed by atoms with Crippen molar-refractivity contribution >= 4 is 53.3 Å². The number of rotatable bonds is 22. The van der Waals surface area contributed by atoms with Gasteiger partial charge in [-0.2, -0.15) is 0 Å². The largest absolute Gasteiger partial charge is 0.453 e. The zero-order valence-corrected chi connectivity index (χ0v) is 32.0. The van der Waals surface area contributed by atoms with E-state index < -0.39 is 42.0 Å². The fourth-order valence-electron chi connectivity index (χ4n) is 5.45. The maximum absolute atomic E-state index is 13.5. The molecule has 3 atom stereocenters. The second kappa shape index (κ2) is 22.7. The van der Waals surface area contributed by atoms with Gasteiger partial charge in [-0.15, -0.1) is 0 Å². The predicted octanol–water partition coefficient (Wildman–Crippen LogP) is 1.86. The molecule has 1 aromatic rings. The number of urea groups is 1. The van der Waals surface area contributed by atoms with E-state index in [0.29, 0.717) is 17.7 Å². The summed E-state index contributed by atoms with van der Waals surface area (Å²) in [6.07, 6.45) is -0.587. The number of likely N-dealkylation sites (N-methyl/N-ethyl adjacent to an activating group) is 2. The molecule has 18 heteroatoms. The van der Waals surface area contributed by atoms with Crippen molar-refractivity contribution in [1.29, 1.82) is 0 Å². The Hall–Kier alpha value is -5.26. The molecule has 0 radical (unpaired) electrons. The summed E-state index contributed by atoms with van der Waals surface area (Å²) in [5, 5.41) is 8.03. The van der Waals surface area contributed by atoms with Crippen molar-refractivity contribution in [3.63, 3.8) is 0 Å². The van der Waals surface area contributed by atoms with E-state index >= 15 is 0 Å². The van der Waals surface area contributed by atoms with Crippen LogP contribution in [0.3, 0.4) is 0 Å². The molecule has 18 nitrogen and oxygen atoms in total. The molecule has 1 heterocycles. The highest BCUT2D eigenvalue weighted by Crippen LogP contribution is 2.20. The molecule has 8 amide bonds. The number of benzene rings is 1. The van der Waals surface area contributed by atoms with Crippen LogP contribution in [0.15, 0.2) is 24.3 Å². The van der Waals surface area contributed by atoms with E-state index in [1.54, 1.807) is 59.1 Å². The molecule has 0 aromatic heterocycles. The maximum Gasteiger partial charge on any atom is 0.409 e. The number of likely N-dealkylation sites (tertiary alicyclic amines) is 1. The number of imide groups is 1. The highest BCUT2D eigenvalue weighted by molar-refractivity contribution is 6.03. The Labute approximate surface area is 315 Å². The molecule has 0 bridgehead atoms. The standard InChI is InChI=1S/C36H55N7O11/c1-23(2)31(40-29(45)13-18-53-19-17-43-30(46)20-24(3)33(43)48)28(44)21-26(8-7-14-38-34(37)49)32(47)39-27-11-9-25(10-12-27)22-54-36(51)42(5)16-15-41(4)35(50)52-6/h9-12,23-24,26,31H,7-8,13-22H2,1-6H3,(H,39,47)(H,40,45)(H3,37,38,49)/t24?,26-,31+/m1/s1. The number of primary amides is 1. The SMILES string of the molecule is COC(=O)N(C)CCN(C)C(=O)OCc1ccc(NC(=O)[C@H](CCCNC(N)=O)CC(=O)[C@@H](NC(=O)CCOCCN2C(=O)CC(C)C2=O)C(C)C)cc1. The van der Waals surface area contributed by atoms with Gasteiger partial charge in [0.15, 0.2) is 5.78 Å². The molecule has 5 N–H and O–H groups in total. The summed E-state index contributed by atoms with van der Waals surface area (Å²) in [4.78, 5) is 103. The molecular weight excluding hydrogens is 706 g/mol. The Morgan fingerprint density at radius 2 is 1.63 bits per heavy atom. The average Bonchev–Trinajstić information content (AvgIpc) is 3.37. The van der Waals surface area contributed by atoms with Crippen LogP contribution in [0, 0.1) is 17.8 Å². The van der Waals surface area contributed by atoms with Crippen LogP contribution in [0.2, 0.25) is 0 Å². The van der Waals surface area contributed by atoms with Crippen molar-refractivity contribution in [3.8, 4) is 0 Å². The van der Waals surface area contributed by atoms with E-state index in [-0.39, 0.29) is 101 Å². The summed E-state index contributed by atoms with van der Waals surface area (Å²) in [7, 11) is 4.36. The number of ketones is 1. The van der Waals surface area contributed by atoms with Gasteiger partial charge in [-0.25, -0.2) is 14.4 Å². The molecule has 1 aromatic carbocycles. The van der Waals surface area contributed by atoms with Gasteiger partial charge in [0, 0.05) is 70.5 Å². The third kappa shape index (κ3) is 15.4. The molecule has 1 fully saturated rings. The van der Waals surface area contributed by atoms with E-state index in [0.717, 1.165) is 4.90 Å². The molecule has 0 aliphatic carbocycles. The Balaban J connectivity index is 1.93. The molecule has 300 valence electrons. The third-order valence-corrected chi connectivity index (χ3v) is 8.73.